The van der Waals surface area contributed by atoms with Crippen LogP contribution in [0, 0.1) is 0 Å². The number of rotatable bonds is 3. The molecule has 1 aromatic heterocycles. The summed E-state index contributed by atoms with van der Waals surface area (Å²) in [7, 11) is -3.72. The van der Waals surface area contributed by atoms with Crippen LogP contribution in [0.15, 0.2) is 21.6 Å². The molecule has 1 aliphatic heterocycles. The number of ether oxygens (including phenoxy) is 1. The maximum atomic E-state index is 12.6. The Morgan fingerprint density at radius 2 is 1.75 bits per heavy atom. The molecule has 20 heavy (non-hydrogen) atoms. The van der Waals surface area contributed by atoms with Crippen molar-refractivity contribution >= 4 is 10.0 Å². The molecule has 1 aromatic rings. The van der Waals surface area contributed by atoms with Crippen LogP contribution in [0.25, 0.3) is 0 Å². The third-order valence-corrected chi connectivity index (χ3v) is 4.72. The van der Waals surface area contributed by atoms with Crippen LogP contribution < -0.4 is 0 Å². The highest BCUT2D eigenvalue weighted by molar-refractivity contribution is 7.89. The van der Waals surface area contributed by atoms with Crippen LogP contribution in [0.5, 0.6) is 0 Å². The number of morpholine rings is 1. The Labute approximate surface area is 119 Å². The number of nitrogens with zero attached hydrogens (tertiary/aromatic N) is 1. The van der Waals surface area contributed by atoms with Gasteiger partial charge in [0.05, 0.1) is 11.2 Å². The first-order chi connectivity index (χ1) is 9.06. The molecule has 0 bridgehead atoms. The second kappa shape index (κ2) is 4.84. The lowest BCUT2D eigenvalue weighted by atomic mass is 10.0. The minimum atomic E-state index is -3.72. The number of aliphatic hydroxyl groups is 1. The van der Waals surface area contributed by atoms with Gasteiger partial charge in [-0.15, -0.1) is 0 Å². The number of furan rings is 1. The molecule has 0 spiro atoms. The molecule has 0 amide bonds. The van der Waals surface area contributed by atoms with Crippen LogP contribution in [0.1, 0.15) is 33.5 Å². The van der Waals surface area contributed by atoms with Crippen molar-refractivity contribution in [3.05, 3.63) is 17.9 Å². The van der Waals surface area contributed by atoms with E-state index in [1.807, 2.05) is 27.7 Å². The average Bonchev–Trinajstić information content (AvgIpc) is 2.73. The van der Waals surface area contributed by atoms with Crippen molar-refractivity contribution in [1.82, 2.24) is 4.31 Å². The number of sulfonamides is 1. The van der Waals surface area contributed by atoms with E-state index in [-0.39, 0.29) is 30.5 Å². The Balaban J connectivity index is 2.33. The smallest absolute Gasteiger partial charge is 0.276 e. The van der Waals surface area contributed by atoms with Crippen molar-refractivity contribution in [3.8, 4) is 0 Å². The molecule has 0 aromatic carbocycles. The van der Waals surface area contributed by atoms with E-state index in [2.05, 4.69) is 0 Å². The van der Waals surface area contributed by atoms with Crippen molar-refractivity contribution in [2.75, 3.05) is 13.1 Å². The highest BCUT2D eigenvalue weighted by Crippen LogP contribution is 2.32. The molecule has 1 saturated heterocycles. The molecule has 114 valence electrons. The number of aliphatic hydroxyl groups excluding tert-OH is 1. The second-order valence-corrected chi connectivity index (χ2v) is 8.14. The second-order valence-electron chi connectivity index (χ2n) is 6.27. The molecule has 0 unspecified atom stereocenters. The van der Waals surface area contributed by atoms with Crippen molar-refractivity contribution in [3.63, 3.8) is 0 Å². The summed E-state index contributed by atoms with van der Waals surface area (Å²) >= 11 is 0. The minimum Gasteiger partial charge on any atom is -0.446 e. The fourth-order valence-electron chi connectivity index (χ4n) is 2.60. The maximum absolute atomic E-state index is 12.6. The van der Waals surface area contributed by atoms with E-state index in [9.17, 15) is 8.42 Å². The van der Waals surface area contributed by atoms with E-state index in [0.717, 1.165) is 0 Å². The molecule has 0 aliphatic carbocycles. The lowest BCUT2D eigenvalue weighted by Gasteiger charge is -2.46. The Bertz CT molecular complexity index is 572. The summed E-state index contributed by atoms with van der Waals surface area (Å²) in [4.78, 5) is 0. The van der Waals surface area contributed by atoms with Gasteiger partial charge in [-0.3, -0.25) is 0 Å². The van der Waals surface area contributed by atoms with Gasteiger partial charge in [0.15, 0.2) is 0 Å². The Morgan fingerprint density at radius 3 is 2.20 bits per heavy atom. The van der Waals surface area contributed by atoms with Gasteiger partial charge in [0.25, 0.3) is 10.0 Å². The van der Waals surface area contributed by atoms with Crippen LogP contribution in [0.3, 0.4) is 0 Å². The predicted molar refractivity (Wildman–Crippen MR) is 72.6 cm³/mol. The standard InChI is InChI=1S/C13H21NO5S/c1-12(2)8-14(9-13(3,4)19-12)20(16,17)11-6-5-10(7-15)18-11/h5-6,15H,7-9H2,1-4H3. The van der Waals surface area contributed by atoms with Crippen LogP contribution in [-0.4, -0.2) is 42.1 Å². The third kappa shape index (κ3) is 3.06. The summed E-state index contributed by atoms with van der Waals surface area (Å²) < 4.78 is 37.6. The molecular weight excluding hydrogens is 282 g/mol. The molecule has 0 radical (unpaired) electrons. The highest BCUT2D eigenvalue weighted by Gasteiger charge is 2.43. The maximum Gasteiger partial charge on any atom is 0.276 e. The fraction of sp³-hybridized carbons (Fsp3) is 0.692. The van der Waals surface area contributed by atoms with Crippen LogP contribution in [0.4, 0.5) is 0 Å². The zero-order valence-corrected chi connectivity index (χ0v) is 13.0. The lowest BCUT2D eigenvalue weighted by Crippen LogP contribution is -2.58. The first kappa shape index (κ1) is 15.5. The molecule has 1 aliphatic rings. The topological polar surface area (TPSA) is 80.0 Å². The van der Waals surface area contributed by atoms with E-state index >= 15 is 0 Å². The van der Waals surface area contributed by atoms with Crippen molar-refractivity contribution in [2.45, 2.75) is 50.6 Å². The summed E-state index contributed by atoms with van der Waals surface area (Å²) in [5, 5.41) is 8.83. The van der Waals surface area contributed by atoms with Gasteiger partial charge in [0.2, 0.25) is 5.09 Å². The highest BCUT2D eigenvalue weighted by atomic mass is 32.2. The summed E-state index contributed by atoms with van der Waals surface area (Å²) in [5.41, 5.74) is -1.14. The van der Waals surface area contributed by atoms with Gasteiger partial charge < -0.3 is 14.3 Å². The molecule has 2 rings (SSSR count). The molecule has 2 heterocycles. The molecule has 6 nitrogen and oxygen atoms in total. The molecule has 1 fully saturated rings. The molecule has 1 N–H and O–H groups in total. The normalized spacial score (nSPS) is 22.9. The summed E-state index contributed by atoms with van der Waals surface area (Å²) in [6, 6.07) is 2.83. The average molecular weight is 303 g/mol. The van der Waals surface area contributed by atoms with Crippen molar-refractivity contribution in [1.29, 1.82) is 0 Å². The van der Waals surface area contributed by atoms with Crippen molar-refractivity contribution < 1.29 is 22.7 Å². The molecule has 0 saturated carbocycles. The fourth-order valence-corrected chi connectivity index (χ4v) is 4.27. The SMILES string of the molecule is CC1(C)CN(S(=O)(=O)c2ccc(CO)o2)CC(C)(C)O1. The molecule has 7 heteroatoms. The monoisotopic (exact) mass is 303 g/mol. The van der Waals surface area contributed by atoms with E-state index in [4.69, 9.17) is 14.3 Å². The Kier molecular flexibility index (Phi) is 3.75. The first-order valence-electron chi connectivity index (χ1n) is 6.46. The largest absolute Gasteiger partial charge is 0.446 e. The number of hydrogen-bond acceptors (Lipinski definition) is 5. The lowest BCUT2D eigenvalue weighted by molar-refractivity contribution is -0.164. The van der Waals surface area contributed by atoms with Crippen molar-refractivity contribution in [2.24, 2.45) is 0 Å². The Morgan fingerprint density at radius 1 is 1.20 bits per heavy atom. The van der Waals surface area contributed by atoms with Gasteiger partial charge in [-0.05, 0) is 39.8 Å². The minimum absolute atomic E-state index is 0.143. The third-order valence-electron chi connectivity index (χ3n) is 3.05. The zero-order valence-electron chi connectivity index (χ0n) is 12.2. The molecular formula is C13H21NO5S. The van der Waals surface area contributed by atoms with E-state index in [1.54, 1.807) is 0 Å². The summed E-state index contributed by atoms with van der Waals surface area (Å²) in [6.45, 7) is 7.63. The van der Waals surface area contributed by atoms with Gasteiger partial charge >= 0.3 is 0 Å². The molecule has 0 atom stereocenters. The van der Waals surface area contributed by atoms with Gasteiger partial charge in [-0.1, -0.05) is 0 Å². The summed E-state index contributed by atoms with van der Waals surface area (Å²) in [5.74, 6) is 0.232. The van der Waals surface area contributed by atoms with E-state index in [1.165, 1.54) is 16.4 Å². The zero-order chi connectivity index (χ0) is 15.2. The van der Waals surface area contributed by atoms with Crippen LogP contribution in [0.2, 0.25) is 0 Å². The van der Waals surface area contributed by atoms with Gasteiger partial charge in [0.1, 0.15) is 12.4 Å². The first-order valence-corrected chi connectivity index (χ1v) is 7.90. The van der Waals surface area contributed by atoms with E-state index < -0.39 is 21.2 Å². The van der Waals surface area contributed by atoms with Gasteiger partial charge in [-0.25, -0.2) is 8.42 Å². The predicted octanol–water partition coefficient (Wildman–Crippen LogP) is 1.35. The number of hydrogen-bond donors (Lipinski definition) is 1. The Hall–Kier alpha value is -0.890. The van der Waals surface area contributed by atoms with E-state index in [0.29, 0.717) is 0 Å². The van der Waals surface area contributed by atoms with Crippen LogP contribution >= 0.6 is 0 Å². The van der Waals surface area contributed by atoms with Crippen LogP contribution in [-0.2, 0) is 21.4 Å². The van der Waals surface area contributed by atoms with Gasteiger partial charge in [0, 0.05) is 13.1 Å². The quantitative estimate of drug-likeness (QED) is 0.911. The summed E-state index contributed by atoms with van der Waals surface area (Å²) in [6.07, 6.45) is 0. The van der Waals surface area contributed by atoms with Gasteiger partial charge in [-0.2, -0.15) is 4.31 Å².